The molecule has 0 saturated carbocycles. The molecule has 122 valence electrons. The highest BCUT2D eigenvalue weighted by Gasteiger charge is 2.22. The predicted octanol–water partition coefficient (Wildman–Crippen LogP) is 2.40. The first kappa shape index (κ1) is 17.2. The monoisotopic (exact) mass is 345 g/mol. The Morgan fingerprint density at radius 2 is 1.75 bits per heavy atom. The first-order chi connectivity index (χ1) is 11.4. The molecule has 0 atom stereocenters. The predicted molar refractivity (Wildman–Crippen MR) is 86.9 cm³/mol. The molecule has 0 aliphatic rings. The lowest BCUT2D eigenvalue weighted by atomic mass is 10.0. The van der Waals surface area contributed by atoms with E-state index >= 15 is 0 Å². The molecule has 24 heavy (non-hydrogen) atoms. The van der Waals surface area contributed by atoms with Crippen LogP contribution in [0.4, 0.5) is 0 Å². The van der Waals surface area contributed by atoms with Crippen LogP contribution in [0.15, 0.2) is 60.3 Å². The van der Waals surface area contributed by atoms with Crippen molar-refractivity contribution in [1.29, 1.82) is 0 Å². The van der Waals surface area contributed by atoms with Gasteiger partial charge in [-0.3, -0.25) is 4.79 Å². The first-order valence-corrected chi connectivity index (χ1v) is 7.08. The van der Waals surface area contributed by atoms with E-state index in [4.69, 9.17) is 27.2 Å². The second kappa shape index (κ2) is 7.43. The summed E-state index contributed by atoms with van der Waals surface area (Å²) in [6.45, 7) is 0. The normalized spacial score (nSPS) is 11.0. The van der Waals surface area contributed by atoms with E-state index in [2.05, 4.69) is 0 Å². The number of hydrogen-bond donors (Lipinski definition) is 2. The fourth-order valence-electron chi connectivity index (χ4n) is 1.90. The molecule has 3 N–H and O–H groups in total. The molecule has 6 nitrogen and oxygen atoms in total. The third-order valence-corrected chi connectivity index (χ3v) is 3.28. The van der Waals surface area contributed by atoms with Crippen LogP contribution in [0.3, 0.4) is 0 Å². The third kappa shape index (κ3) is 3.80. The van der Waals surface area contributed by atoms with Crippen molar-refractivity contribution in [1.82, 2.24) is 0 Å². The van der Waals surface area contributed by atoms with Gasteiger partial charge in [-0.2, -0.15) is 0 Å². The molecular formula is C17H12ClNO5. The lowest BCUT2D eigenvalue weighted by Gasteiger charge is -2.10. The van der Waals surface area contributed by atoms with Crippen molar-refractivity contribution in [3.05, 3.63) is 76.5 Å². The second-order valence-corrected chi connectivity index (χ2v) is 5.05. The van der Waals surface area contributed by atoms with Crippen molar-refractivity contribution < 1.29 is 24.2 Å². The van der Waals surface area contributed by atoms with Crippen molar-refractivity contribution in [3.63, 3.8) is 0 Å². The van der Waals surface area contributed by atoms with Gasteiger partial charge in [0.25, 0.3) is 0 Å². The molecule has 0 aliphatic heterocycles. The van der Waals surface area contributed by atoms with Gasteiger partial charge in [0.2, 0.25) is 0 Å². The lowest BCUT2D eigenvalue weighted by molar-refractivity contribution is -0.138. The molecule has 0 saturated heterocycles. The highest BCUT2D eigenvalue weighted by Crippen LogP contribution is 2.26. The number of carboxylic acid groups (broad SMARTS) is 1. The Kier molecular flexibility index (Phi) is 5.34. The summed E-state index contributed by atoms with van der Waals surface area (Å²) >= 11 is 5.91. The van der Waals surface area contributed by atoms with Gasteiger partial charge in [0.1, 0.15) is 5.75 Å². The molecule has 0 bridgehead atoms. The fourth-order valence-corrected chi connectivity index (χ4v) is 2.07. The smallest absolute Gasteiger partial charge is 0.352 e. The Balaban J connectivity index is 2.40. The van der Waals surface area contributed by atoms with Gasteiger partial charge in [0, 0.05) is 16.8 Å². The van der Waals surface area contributed by atoms with E-state index in [1.807, 2.05) is 0 Å². The van der Waals surface area contributed by atoms with Gasteiger partial charge in [0.05, 0.1) is 5.56 Å². The molecule has 2 aromatic rings. The highest BCUT2D eigenvalue weighted by molar-refractivity contribution is 6.31. The number of ketones is 1. The summed E-state index contributed by atoms with van der Waals surface area (Å²) in [6.07, 6.45) is 0.624. The van der Waals surface area contributed by atoms with Crippen molar-refractivity contribution in [3.8, 4) is 5.75 Å². The Bertz CT molecular complexity index is 830. The first-order valence-electron chi connectivity index (χ1n) is 6.70. The molecule has 2 aromatic carbocycles. The summed E-state index contributed by atoms with van der Waals surface area (Å²) < 4.78 is 5.01. The highest BCUT2D eigenvalue weighted by atomic mass is 35.5. The number of benzene rings is 2. The van der Waals surface area contributed by atoms with Crippen LogP contribution in [0.1, 0.15) is 15.9 Å². The van der Waals surface area contributed by atoms with Gasteiger partial charge in [-0.05, 0) is 18.2 Å². The quantitative estimate of drug-likeness (QED) is 0.215. The van der Waals surface area contributed by atoms with Crippen LogP contribution >= 0.6 is 11.6 Å². The lowest BCUT2D eigenvalue weighted by Crippen LogP contribution is -2.20. The molecule has 0 heterocycles. The van der Waals surface area contributed by atoms with Gasteiger partial charge < -0.3 is 15.6 Å². The summed E-state index contributed by atoms with van der Waals surface area (Å²) in [5.41, 5.74) is 4.76. The zero-order chi connectivity index (χ0) is 17.7. The van der Waals surface area contributed by atoms with Gasteiger partial charge in [0.15, 0.2) is 11.4 Å². The standard InChI is InChI=1S/C17H12ClNO5/c18-11-6-7-14(24-17(23)13(9-19)16(21)22)12(8-11)15(20)10-4-2-1-3-5-10/h1-9H,19H2,(H,21,22). The molecule has 0 amide bonds. The van der Waals surface area contributed by atoms with Crippen LogP contribution in [-0.2, 0) is 9.59 Å². The summed E-state index contributed by atoms with van der Waals surface area (Å²) in [5.74, 6) is -3.25. The molecule has 0 unspecified atom stereocenters. The van der Waals surface area contributed by atoms with Gasteiger partial charge in [-0.1, -0.05) is 41.9 Å². The third-order valence-electron chi connectivity index (χ3n) is 3.04. The van der Waals surface area contributed by atoms with Crippen LogP contribution in [0.25, 0.3) is 0 Å². The van der Waals surface area contributed by atoms with Crippen LogP contribution in [0, 0.1) is 0 Å². The fraction of sp³-hybridized carbons (Fsp3) is 0. The maximum atomic E-state index is 12.6. The van der Waals surface area contributed by atoms with Crippen LogP contribution in [-0.4, -0.2) is 22.8 Å². The number of halogens is 1. The minimum atomic E-state index is -1.53. The number of esters is 1. The Morgan fingerprint density at radius 3 is 2.33 bits per heavy atom. The zero-order valence-electron chi connectivity index (χ0n) is 12.2. The number of aliphatic carboxylic acids is 1. The van der Waals surface area contributed by atoms with E-state index in [0.717, 1.165) is 0 Å². The van der Waals surface area contributed by atoms with E-state index in [1.54, 1.807) is 30.3 Å². The van der Waals surface area contributed by atoms with E-state index < -0.39 is 23.3 Å². The van der Waals surface area contributed by atoms with E-state index in [9.17, 15) is 14.4 Å². The summed E-state index contributed by atoms with van der Waals surface area (Å²) in [7, 11) is 0. The van der Waals surface area contributed by atoms with Crippen LogP contribution < -0.4 is 10.5 Å². The second-order valence-electron chi connectivity index (χ2n) is 4.61. The molecule has 0 aliphatic carbocycles. The zero-order valence-corrected chi connectivity index (χ0v) is 13.0. The molecule has 2 rings (SSSR count). The largest absolute Gasteiger partial charge is 0.477 e. The number of carboxylic acids is 1. The number of ether oxygens (including phenoxy) is 1. The van der Waals surface area contributed by atoms with Crippen molar-refractivity contribution in [2.75, 3.05) is 0 Å². The Hall–Kier alpha value is -3.12. The summed E-state index contributed by atoms with van der Waals surface area (Å²) in [4.78, 5) is 35.4. The number of rotatable bonds is 5. The van der Waals surface area contributed by atoms with Crippen LogP contribution in [0.2, 0.25) is 5.02 Å². The maximum absolute atomic E-state index is 12.6. The number of nitrogens with two attached hydrogens (primary N) is 1. The SMILES string of the molecule is NC=C(C(=O)O)C(=O)Oc1ccc(Cl)cc1C(=O)c1ccccc1. The van der Waals surface area contributed by atoms with Crippen molar-refractivity contribution >= 4 is 29.3 Å². The van der Waals surface area contributed by atoms with Gasteiger partial charge >= 0.3 is 11.9 Å². The topological polar surface area (TPSA) is 107 Å². The Morgan fingerprint density at radius 1 is 1.08 bits per heavy atom. The van der Waals surface area contributed by atoms with Gasteiger partial charge in [-0.15, -0.1) is 0 Å². The minimum Gasteiger partial charge on any atom is -0.477 e. The number of hydrogen-bond acceptors (Lipinski definition) is 5. The van der Waals surface area contributed by atoms with Crippen molar-refractivity contribution in [2.45, 2.75) is 0 Å². The minimum absolute atomic E-state index is 0.0313. The molecule has 7 heteroatoms. The van der Waals surface area contributed by atoms with E-state index in [1.165, 1.54) is 18.2 Å². The van der Waals surface area contributed by atoms with E-state index in [-0.39, 0.29) is 16.3 Å². The average Bonchev–Trinajstić information content (AvgIpc) is 2.57. The van der Waals surface area contributed by atoms with Crippen LogP contribution in [0.5, 0.6) is 5.75 Å². The number of carbonyl (C=O) groups is 3. The molecule has 0 radical (unpaired) electrons. The maximum Gasteiger partial charge on any atom is 0.352 e. The summed E-state index contributed by atoms with van der Waals surface area (Å²) in [5, 5.41) is 9.15. The van der Waals surface area contributed by atoms with Crippen molar-refractivity contribution in [2.24, 2.45) is 5.73 Å². The van der Waals surface area contributed by atoms with E-state index in [0.29, 0.717) is 11.8 Å². The number of carbonyl (C=O) groups excluding carboxylic acids is 2. The summed E-state index contributed by atoms with van der Waals surface area (Å²) in [6, 6.07) is 12.4. The molecule has 0 aromatic heterocycles. The molecular weight excluding hydrogens is 334 g/mol. The van der Waals surface area contributed by atoms with Gasteiger partial charge in [-0.25, -0.2) is 9.59 Å². The Labute approximate surface area is 142 Å². The average molecular weight is 346 g/mol. The molecule has 0 fully saturated rings. The molecule has 0 spiro atoms.